The van der Waals surface area contributed by atoms with E-state index in [1.807, 2.05) is 43.4 Å². The summed E-state index contributed by atoms with van der Waals surface area (Å²) in [4.78, 5) is 31.6. The Hall–Kier alpha value is -3.42. The molecule has 0 aliphatic carbocycles. The van der Waals surface area contributed by atoms with E-state index in [-0.39, 0.29) is 23.4 Å². The van der Waals surface area contributed by atoms with Gasteiger partial charge in [0.05, 0.1) is 16.0 Å². The van der Waals surface area contributed by atoms with Crippen molar-refractivity contribution in [2.45, 2.75) is 58.0 Å². The highest BCUT2D eigenvalue weighted by molar-refractivity contribution is 7.80. The SMILES string of the molecule is CC(C)C1N(C(=S)NC(C)(C)C)CC[C@]1(C=O)c1ccccc1N(C)c1cccc(-c2ccc(C(=O)N(C)C)c(Cl)c2)c1. The molecule has 0 aromatic heterocycles. The van der Waals surface area contributed by atoms with Crippen molar-refractivity contribution in [2.24, 2.45) is 5.92 Å². The predicted octanol–water partition coefficient (Wildman–Crippen LogP) is 7.32. The van der Waals surface area contributed by atoms with Gasteiger partial charge in [-0.1, -0.05) is 61.8 Å². The minimum absolute atomic E-state index is 0.0984. The Morgan fingerprint density at radius 3 is 2.33 bits per heavy atom. The maximum absolute atomic E-state index is 13.2. The van der Waals surface area contributed by atoms with Crippen LogP contribution in [0.25, 0.3) is 11.1 Å². The first kappa shape index (κ1) is 32.5. The number of amides is 1. The fourth-order valence-electron chi connectivity index (χ4n) is 6.23. The fraction of sp³-hybridized carbons (Fsp3) is 0.400. The second kappa shape index (κ2) is 12.7. The summed E-state index contributed by atoms with van der Waals surface area (Å²) in [5.74, 6) is 0.0482. The number of nitrogens with zero attached hydrogens (tertiary/aromatic N) is 3. The molecule has 8 heteroatoms. The topological polar surface area (TPSA) is 55.9 Å². The Labute approximate surface area is 267 Å². The third kappa shape index (κ3) is 6.58. The van der Waals surface area contributed by atoms with E-state index in [4.69, 9.17) is 23.8 Å². The number of halogens is 1. The van der Waals surface area contributed by atoms with Crippen molar-refractivity contribution >= 4 is 52.5 Å². The van der Waals surface area contributed by atoms with Crippen molar-refractivity contribution in [3.8, 4) is 11.1 Å². The first-order valence-electron chi connectivity index (χ1n) is 14.7. The molecule has 228 valence electrons. The van der Waals surface area contributed by atoms with Gasteiger partial charge in [-0.2, -0.15) is 0 Å². The molecule has 1 fully saturated rings. The summed E-state index contributed by atoms with van der Waals surface area (Å²) >= 11 is 12.4. The number of hydrogen-bond donors (Lipinski definition) is 1. The Bertz CT molecular complexity index is 1520. The Morgan fingerprint density at radius 2 is 1.72 bits per heavy atom. The lowest BCUT2D eigenvalue weighted by molar-refractivity contribution is -0.113. The van der Waals surface area contributed by atoms with Gasteiger partial charge >= 0.3 is 0 Å². The van der Waals surface area contributed by atoms with Crippen molar-refractivity contribution in [3.63, 3.8) is 0 Å². The van der Waals surface area contributed by atoms with Crippen LogP contribution in [0.15, 0.2) is 66.7 Å². The first-order chi connectivity index (χ1) is 20.2. The molecule has 2 atom stereocenters. The molecule has 0 saturated carbocycles. The lowest BCUT2D eigenvalue weighted by Crippen LogP contribution is -2.55. The molecule has 1 heterocycles. The lowest BCUT2D eigenvalue weighted by atomic mass is 9.71. The second-order valence-corrected chi connectivity index (χ2v) is 13.8. The quantitative estimate of drug-likeness (QED) is 0.221. The molecular weight excluding hydrogens is 576 g/mol. The number of carbonyl (C=O) groups is 2. The van der Waals surface area contributed by atoms with Gasteiger partial charge in [0.1, 0.15) is 6.29 Å². The number of likely N-dealkylation sites (tertiary alicyclic amines) is 1. The third-order valence-corrected chi connectivity index (χ3v) is 8.80. The summed E-state index contributed by atoms with van der Waals surface area (Å²) in [7, 11) is 5.45. The zero-order chi connectivity index (χ0) is 31.7. The van der Waals surface area contributed by atoms with Gasteiger partial charge in [0.2, 0.25) is 0 Å². The number of aldehydes is 1. The van der Waals surface area contributed by atoms with Gasteiger partial charge in [-0.25, -0.2) is 0 Å². The van der Waals surface area contributed by atoms with Gasteiger partial charge in [-0.3, -0.25) is 4.79 Å². The smallest absolute Gasteiger partial charge is 0.254 e. The summed E-state index contributed by atoms with van der Waals surface area (Å²) < 4.78 is 0. The van der Waals surface area contributed by atoms with Crippen LogP contribution in [-0.2, 0) is 10.2 Å². The number of hydrogen-bond acceptors (Lipinski definition) is 4. The molecule has 1 aliphatic heterocycles. The zero-order valence-electron chi connectivity index (χ0n) is 26.4. The molecule has 1 aliphatic rings. The summed E-state index contributed by atoms with van der Waals surface area (Å²) in [5, 5.41) is 4.56. The molecular formula is C35H43ClN4O2S. The molecule has 1 saturated heterocycles. The van der Waals surface area contributed by atoms with E-state index in [0.717, 1.165) is 34.4 Å². The monoisotopic (exact) mass is 618 g/mol. The van der Waals surface area contributed by atoms with Gasteiger partial charge in [-0.05, 0) is 92.4 Å². The minimum atomic E-state index is -0.734. The standard InChI is InChI=1S/C35H43ClN4O2S/c1-23(2)31-35(22-41,18-19-40(31)33(43)37-34(3,4)5)28-14-9-10-15-30(28)39(8)26-13-11-12-24(20-26)25-16-17-27(29(36)21-25)32(42)38(6)7/h9-17,20-23,31H,18-19H2,1-8H3,(H,37,43)/t31?,35-/m0/s1. The van der Waals surface area contributed by atoms with Crippen LogP contribution in [0.2, 0.25) is 5.02 Å². The number of para-hydroxylation sites is 1. The average Bonchev–Trinajstić information content (AvgIpc) is 3.37. The lowest BCUT2D eigenvalue weighted by Gasteiger charge is -2.41. The third-order valence-electron chi connectivity index (χ3n) is 8.15. The molecule has 43 heavy (non-hydrogen) atoms. The molecule has 0 radical (unpaired) electrons. The van der Waals surface area contributed by atoms with E-state index >= 15 is 0 Å². The van der Waals surface area contributed by atoms with Gasteiger partial charge in [0.25, 0.3) is 5.91 Å². The van der Waals surface area contributed by atoms with Crippen LogP contribution in [0, 0.1) is 5.92 Å². The maximum Gasteiger partial charge on any atom is 0.254 e. The summed E-state index contributed by atoms with van der Waals surface area (Å²) in [6.45, 7) is 11.3. The van der Waals surface area contributed by atoms with Crippen LogP contribution in [0.1, 0.15) is 57.0 Å². The predicted molar refractivity (Wildman–Crippen MR) is 183 cm³/mol. The molecule has 0 spiro atoms. The maximum atomic E-state index is 13.2. The van der Waals surface area contributed by atoms with Crippen molar-refractivity contribution < 1.29 is 9.59 Å². The molecule has 1 unspecified atom stereocenters. The van der Waals surface area contributed by atoms with Gasteiger partial charge < -0.3 is 24.8 Å². The van der Waals surface area contributed by atoms with Gasteiger partial charge in [-0.15, -0.1) is 0 Å². The van der Waals surface area contributed by atoms with Gasteiger partial charge in [0, 0.05) is 50.6 Å². The Morgan fingerprint density at radius 1 is 1.05 bits per heavy atom. The second-order valence-electron chi connectivity index (χ2n) is 13.0. The Kier molecular flexibility index (Phi) is 9.57. The van der Waals surface area contributed by atoms with Crippen molar-refractivity contribution in [1.82, 2.24) is 15.1 Å². The molecule has 0 bridgehead atoms. The van der Waals surface area contributed by atoms with Crippen molar-refractivity contribution in [3.05, 3.63) is 82.9 Å². The van der Waals surface area contributed by atoms with Crippen LogP contribution >= 0.6 is 23.8 Å². The highest BCUT2D eigenvalue weighted by atomic mass is 35.5. The Balaban J connectivity index is 1.73. The van der Waals surface area contributed by atoms with E-state index < -0.39 is 5.41 Å². The molecule has 1 N–H and O–H groups in total. The number of anilines is 2. The molecule has 3 aromatic rings. The average molecular weight is 619 g/mol. The van der Waals surface area contributed by atoms with E-state index in [1.165, 1.54) is 4.90 Å². The van der Waals surface area contributed by atoms with E-state index in [2.05, 4.69) is 74.0 Å². The van der Waals surface area contributed by atoms with Crippen LogP contribution in [0.4, 0.5) is 11.4 Å². The highest BCUT2D eigenvalue weighted by Gasteiger charge is 2.52. The molecule has 3 aromatic carbocycles. The molecule has 1 amide bonds. The number of rotatable bonds is 7. The normalized spacial score (nSPS) is 18.5. The first-order valence-corrected chi connectivity index (χ1v) is 15.5. The number of benzene rings is 3. The number of carbonyl (C=O) groups excluding carboxylic acids is 2. The largest absolute Gasteiger partial charge is 0.358 e. The number of nitrogens with one attached hydrogen (secondary N) is 1. The van der Waals surface area contributed by atoms with Crippen LogP contribution < -0.4 is 10.2 Å². The van der Waals surface area contributed by atoms with E-state index in [9.17, 15) is 9.59 Å². The molecule has 4 rings (SSSR count). The fourth-order valence-corrected chi connectivity index (χ4v) is 7.01. The van der Waals surface area contributed by atoms with Crippen LogP contribution in [0.5, 0.6) is 0 Å². The van der Waals surface area contributed by atoms with Gasteiger partial charge in [0.15, 0.2) is 5.11 Å². The summed E-state index contributed by atoms with van der Waals surface area (Å²) in [6.07, 6.45) is 1.83. The molecule has 6 nitrogen and oxygen atoms in total. The van der Waals surface area contributed by atoms with Crippen LogP contribution in [-0.4, -0.2) is 66.4 Å². The summed E-state index contributed by atoms with van der Waals surface area (Å²) in [5.41, 5.74) is 4.38. The number of thiocarbonyl (C=S) groups is 1. The zero-order valence-corrected chi connectivity index (χ0v) is 28.0. The van der Waals surface area contributed by atoms with Crippen molar-refractivity contribution in [1.29, 1.82) is 0 Å². The van der Waals surface area contributed by atoms with E-state index in [1.54, 1.807) is 20.2 Å². The van der Waals surface area contributed by atoms with Crippen molar-refractivity contribution in [2.75, 3.05) is 32.6 Å². The highest BCUT2D eigenvalue weighted by Crippen LogP contribution is 2.46. The van der Waals surface area contributed by atoms with Crippen LogP contribution in [0.3, 0.4) is 0 Å². The minimum Gasteiger partial charge on any atom is -0.358 e. The summed E-state index contributed by atoms with van der Waals surface area (Å²) in [6, 6.07) is 21.8. The van der Waals surface area contributed by atoms with E-state index in [0.29, 0.717) is 28.7 Å².